The molecule has 0 aliphatic heterocycles. The van der Waals surface area contributed by atoms with Crippen molar-refractivity contribution in [2.75, 3.05) is 0 Å². The van der Waals surface area contributed by atoms with E-state index in [1.165, 1.54) is 0 Å². The van der Waals surface area contributed by atoms with Crippen molar-refractivity contribution in [3.8, 4) is 0 Å². The molecule has 224 valence electrons. The average Bonchev–Trinajstić information content (AvgIpc) is 2.72. The highest BCUT2D eigenvalue weighted by Crippen LogP contribution is 2.86. The minimum absolute atomic E-state index is 8.76. The molecule has 3 rings (SSSR count). The molecule has 0 heterocycles. The van der Waals surface area contributed by atoms with Crippen LogP contribution in [0.15, 0.2) is 0 Å². The fourth-order valence-electron chi connectivity index (χ4n) is 4.65. The predicted molar refractivity (Wildman–Crippen MR) is 64.8 cm³/mol. The van der Waals surface area contributed by atoms with Crippen LogP contribution >= 0.6 is 0 Å². The molecule has 0 aromatic rings. The first-order valence-electron chi connectivity index (χ1n) is 8.54. The Labute approximate surface area is 188 Å². The van der Waals surface area contributed by atoms with Gasteiger partial charge in [0.2, 0.25) is 0 Å². The highest BCUT2D eigenvalue weighted by molar-refractivity contribution is 5.50. The number of halogens is 24. The molecule has 0 amide bonds. The summed E-state index contributed by atoms with van der Waals surface area (Å²) in [6.07, 6.45) is 0. The Morgan fingerprint density at radius 1 is 0.132 bits per heavy atom. The summed E-state index contributed by atoms with van der Waals surface area (Å²) in [4.78, 5) is 0. The maximum Gasteiger partial charge on any atom is 0.382 e. The molecule has 0 aromatic heterocycles. The van der Waals surface area contributed by atoms with Crippen LogP contribution in [0.2, 0.25) is 0 Å². The number of rotatable bonds is 0. The van der Waals surface area contributed by atoms with Gasteiger partial charge in [0, 0.05) is 0 Å². The van der Waals surface area contributed by atoms with Gasteiger partial charge in [0.15, 0.2) is 0 Å². The van der Waals surface area contributed by atoms with Crippen molar-refractivity contribution in [1.29, 1.82) is 0 Å². The van der Waals surface area contributed by atoms with E-state index in [2.05, 4.69) is 0 Å². The summed E-state index contributed by atoms with van der Waals surface area (Å²) in [5.41, 5.74) is -38.1. The standard InChI is InChI=1S/C14F24/c15-1-2(16,8(25,26)12(33,34)11(31,32)7(1,23)24)6(21,22)4(18)3(17,5(1,19)20)9(27,28)13(35,36)14(37,38)10(4,29)30. The molecular weight excluding hydrogens is 624 g/mol. The molecule has 0 saturated heterocycles. The third kappa shape index (κ3) is 1.88. The molecule has 3 aliphatic rings. The average molecular weight is 624 g/mol. The Kier molecular flexibility index (Phi) is 4.98. The van der Waals surface area contributed by atoms with Gasteiger partial charge in [0.25, 0.3) is 22.7 Å². The summed E-state index contributed by atoms with van der Waals surface area (Å²) in [6, 6.07) is 0. The van der Waals surface area contributed by atoms with Gasteiger partial charge in [-0.1, -0.05) is 0 Å². The summed E-state index contributed by atoms with van der Waals surface area (Å²) in [7, 11) is 0. The van der Waals surface area contributed by atoms with Gasteiger partial charge in [-0.05, 0) is 0 Å². The fourth-order valence-corrected chi connectivity index (χ4v) is 4.65. The van der Waals surface area contributed by atoms with Crippen molar-refractivity contribution >= 4 is 0 Å². The Morgan fingerprint density at radius 2 is 0.237 bits per heavy atom. The Hall–Kier alpha value is -1.68. The summed E-state index contributed by atoms with van der Waals surface area (Å²) in [5, 5.41) is 0. The van der Waals surface area contributed by atoms with E-state index in [0.29, 0.717) is 0 Å². The van der Waals surface area contributed by atoms with Gasteiger partial charge in [0.05, 0.1) is 0 Å². The van der Waals surface area contributed by atoms with Crippen molar-refractivity contribution in [3.63, 3.8) is 0 Å². The van der Waals surface area contributed by atoms with Crippen molar-refractivity contribution < 1.29 is 105 Å². The first-order chi connectivity index (χ1) is 16.0. The van der Waals surface area contributed by atoms with Gasteiger partial charge in [-0.15, -0.1) is 0 Å². The van der Waals surface area contributed by atoms with Gasteiger partial charge in [-0.25, -0.2) is 17.6 Å². The van der Waals surface area contributed by atoms with Crippen LogP contribution in [-0.4, -0.2) is 81.9 Å². The van der Waals surface area contributed by atoms with Crippen LogP contribution in [0.25, 0.3) is 0 Å². The van der Waals surface area contributed by atoms with Gasteiger partial charge in [-0.3, -0.25) is 0 Å². The summed E-state index contributed by atoms with van der Waals surface area (Å²) in [6.45, 7) is 0. The second-order valence-corrected chi connectivity index (χ2v) is 8.38. The van der Waals surface area contributed by atoms with E-state index in [-0.39, 0.29) is 0 Å². The topological polar surface area (TPSA) is 0 Å². The third-order valence-corrected chi connectivity index (χ3v) is 6.78. The predicted octanol–water partition coefficient (Wildman–Crippen LogP) is 7.21. The minimum atomic E-state index is -9.61. The SMILES string of the molecule is FC1(F)C(F)(F)C(F)(F)C2(F)C(F)(F)C3(F)C(F)(F)C(F)(F)C(F)(F)C(F)(F)C3(F)C(F)(F)C2(F)C1(F)F. The molecule has 0 aromatic carbocycles. The molecule has 0 spiro atoms. The summed E-state index contributed by atoms with van der Waals surface area (Å²) in [5.74, 6) is -90.9. The summed E-state index contributed by atoms with van der Waals surface area (Å²) < 4.78 is 338. The minimum Gasteiger partial charge on any atom is -0.226 e. The van der Waals surface area contributed by atoms with Crippen LogP contribution in [0, 0.1) is 0 Å². The highest BCUT2D eigenvalue weighted by atomic mass is 19.4. The lowest BCUT2D eigenvalue weighted by molar-refractivity contribution is -0.586. The zero-order chi connectivity index (χ0) is 31.0. The van der Waals surface area contributed by atoms with Crippen molar-refractivity contribution in [3.05, 3.63) is 0 Å². The molecule has 4 atom stereocenters. The highest BCUT2D eigenvalue weighted by Gasteiger charge is 3.21. The molecule has 0 nitrogen and oxygen atoms in total. The van der Waals surface area contributed by atoms with Gasteiger partial charge in [0.1, 0.15) is 0 Å². The molecule has 0 radical (unpaired) electrons. The van der Waals surface area contributed by atoms with Crippen molar-refractivity contribution in [2.24, 2.45) is 0 Å². The molecule has 0 N–H and O–H groups in total. The van der Waals surface area contributed by atoms with Gasteiger partial charge in [-0.2, -0.15) is 87.8 Å². The van der Waals surface area contributed by atoms with Crippen LogP contribution in [0.1, 0.15) is 0 Å². The molecule has 24 heteroatoms. The maximum absolute atomic E-state index is 14.9. The second-order valence-electron chi connectivity index (χ2n) is 8.38. The zero-order valence-corrected chi connectivity index (χ0v) is 16.1. The molecule has 3 fully saturated rings. The Bertz CT molecular complexity index is 906. The number of hydrogen-bond acceptors (Lipinski definition) is 0. The van der Waals surface area contributed by atoms with E-state index in [9.17, 15) is 105 Å². The lowest BCUT2D eigenvalue weighted by atomic mass is 9.44. The largest absolute Gasteiger partial charge is 0.382 e. The normalized spacial score (nSPS) is 47.4. The first-order valence-corrected chi connectivity index (χ1v) is 8.54. The molecule has 38 heavy (non-hydrogen) atoms. The number of fused-ring (bicyclic) bond motifs is 2. The Morgan fingerprint density at radius 3 is 0.342 bits per heavy atom. The molecular formula is C14F24. The van der Waals surface area contributed by atoms with E-state index < -0.39 is 81.9 Å². The Balaban J connectivity index is 2.81. The van der Waals surface area contributed by atoms with E-state index >= 15 is 0 Å². The van der Waals surface area contributed by atoms with Crippen LogP contribution in [-0.2, 0) is 0 Å². The van der Waals surface area contributed by atoms with Crippen molar-refractivity contribution in [2.45, 2.75) is 81.9 Å². The first kappa shape index (κ1) is 30.9. The number of hydrogen-bond donors (Lipinski definition) is 0. The lowest BCUT2D eigenvalue weighted by Gasteiger charge is -2.69. The smallest absolute Gasteiger partial charge is 0.226 e. The van der Waals surface area contributed by atoms with E-state index in [1.807, 2.05) is 0 Å². The number of alkyl halides is 24. The molecule has 3 saturated carbocycles. The quantitative estimate of drug-likeness (QED) is 0.250. The van der Waals surface area contributed by atoms with E-state index in [4.69, 9.17) is 0 Å². The second kappa shape index (κ2) is 6.14. The maximum atomic E-state index is 14.9. The van der Waals surface area contributed by atoms with Crippen LogP contribution in [0.4, 0.5) is 105 Å². The van der Waals surface area contributed by atoms with E-state index in [1.54, 1.807) is 0 Å². The zero-order valence-electron chi connectivity index (χ0n) is 16.1. The van der Waals surface area contributed by atoms with Gasteiger partial charge >= 0.3 is 59.2 Å². The van der Waals surface area contributed by atoms with Crippen LogP contribution < -0.4 is 0 Å². The third-order valence-electron chi connectivity index (χ3n) is 6.78. The fraction of sp³-hybridized carbons (Fsp3) is 1.00. The molecule has 0 bridgehead atoms. The van der Waals surface area contributed by atoms with Crippen LogP contribution in [0.3, 0.4) is 0 Å². The molecule has 4 unspecified atom stereocenters. The monoisotopic (exact) mass is 624 g/mol. The van der Waals surface area contributed by atoms with Gasteiger partial charge < -0.3 is 0 Å². The lowest BCUT2D eigenvalue weighted by Crippen LogP contribution is -3.05. The van der Waals surface area contributed by atoms with Crippen molar-refractivity contribution in [1.82, 2.24) is 0 Å². The van der Waals surface area contributed by atoms with E-state index in [0.717, 1.165) is 0 Å². The summed E-state index contributed by atoms with van der Waals surface area (Å²) >= 11 is 0. The van der Waals surface area contributed by atoms with Crippen LogP contribution in [0.5, 0.6) is 0 Å². The molecule has 3 aliphatic carbocycles.